The molecule has 1 rings (SSSR count). The van der Waals surface area contributed by atoms with Crippen LogP contribution < -0.4 is 5.32 Å². The Labute approximate surface area is 92.6 Å². The standard InChI is InChI=1S/C13H21NO/c1-4-15-10-6-9-14-13-8-5-7-11(2)12(13)3/h5,7-8,14H,4,6,9-10H2,1-3H3. The fourth-order valence-electron chi connectivity index (χ4n) is 1.48. The summed E-state index contributed by atoms with van der Waals surface area (Å²) in [6, 6.07) is 6.36. The van der Waals surface area contributed by atoms with Gasteiger partial charge >= 0.3 is 0 Å². The molecule has 15 heavy (non-hydrogen) atoms. The van der Waals surface area contributed by atoms with Gasteiger partial charge in [-0.15, -0.1) is 0 Å². The maximum Gasteiger partial charge on any atom is 0.0482 e. The van der Waals surface area contributed by atoms with E-state index in [1.54, 1.807) is 0 Å². The molecule has 0 aliphatic heterocycles. The highest BCUT2D eigenvalue weighted by Crippen LogP contribution is 2.17. The topological polar surface area (TPSA) is 21.3 Å². The third-order valence-electron chi connectivity index (χ3n) is 2.59. The summed E-state index contributed by atoms with van der Waals surface area (Å²) in [7, 11) is 0. The number of hydrogen-bond donors (Lipinski definition) is 1. The molecule has 84 valence electrons. The first kappa shape index (κ1) is 12.1. The van der Waals surface area contributed by atoms with E-state index < -0.39 is 0 Å². The van der Waals surface area contributed by atoms with Gasteiger partial charge in [0, 0.05) is 25.4 Å². The second-order valence-corrected chi connectivity index (χ2v) is 3.72. The second-order valence-electron chi connectivity index (χ2n) is 3.72. The zero-order valence-corrected chi connectivity index (χ0v) is 9.97. The molecule has 1 N–H and O–H groups in total. The van der Waals surface area contributed by atoms with Crippen molar-refractivity contribution in [2.45, 2.75) is 27.2 Å². The Kier molecular flexibility index (Phi) is 5.19. The molecule has 1 aromatic carbocycles. The summed E-state index contributed by atoms with van der Waals surface area (Å²) in [5.74, 6) is 0. The smallest absolute Gasteiger partial charge is 0.0482 e. The molecule has 2 heteroatoms. The predicted molar refractivity (Wildman–Crippen MR) is 65.5 cm³/mol. The lowest BCUT2D eigenvalue weighted by Crippen LogP contribution is -2.06. The quantitative estimate of drug-likeness (QED) is 0.724. The van der Waals surface area contributed by atoms with Crippen molar-refractivity contribution in [3.8, 4) is 0 Å². The van der Waals surface area contributed by atoms with E-state index in [0.717, 1.165) is 26.2 Å². The van der Waals surface area contributed by atoms with E-state index in [9.17, 15) is 0 Å². The average molecular weight is 207 g/mol. The first-order valence-corrected chi connectivity index (χ1v) is 5.63. The van der Waals surface area contributed by atoms with Crippen molar-refractivity contribution in [1.29, 1.82) is 0 Å². The number of nitrogens with one attached hydrogen (secondary N) is 1. The van der Waals surface area contributed by atoms with E-state index in [0.29, 0.717) is 0 Å². The summed E-state index contributed by atoms with van der Waals surface area (Å²) in [5, 5.41) is 3.43. The normalized spacial score (nSPS) is 10.3. The number of rotatable bonds is 6. The average Bonchev–Trinajstić information content (AvgIpc) is 2.24. The highest BCUT2D eigenvalue weighted by molar-refractivity contribution is 5.53. The molecule has 0 bridgehead atoms. The van der Waals surface area contributed by atoms with Crippen LogP contribution in [0.25, 0.3) is 0 Å². The van der Waals surface area contributed by atoms with Gasteiger partial charge in [-0.25, -0.2) is 0 Å². The Bertz CT molecular complexity index is 297. The first-order chi connectivity index (χ1) is 7.25. The molecule has 0 amide bonds. The van der Waals surface area contributed by atoms with E-state index in [-0.39, 0.29) is 0 Å². The van der Waals surface area contributed by atoms with Crippen LogP contribution >= 0.6 is 0 Å². The highest BCUT2D eigenvalue weighted by Gasteiger charge is 1.98. The SMILES string of the molecule is CCOCCCNc1cccc(C)c1C. The minimum atomic E-state index is 0.809. The van der Waals surface area contributed by atoms with Gasteiger partial charge in [0.2, 0.25) is 0 Å². The number of hydrogen-bond acceptors (Lipinski definition) is 2. The van der Waals surface area contributed by atoms with Crippen molar-refractivity contribution >= 4 is 5.69 Å². The molecular weight excluding hydrogens is 186 g/mol. The molecule has 0 spiro atoms. The van der Waals surface area contributed by atoms with Crippen LogP contribution in [0.4, 0.5) is 5.69 Å². The molecule has 0 atom stereocenters. The van der Waals surface area contributed by atoms with Gasteiger partial charge in [0.25, 0.3) is 0 Å². The van der Waals surface area contributed by atoms with Crippen LogP contribution in [-0.2, 0) is 4.74 Å². The van der Waals surface area contributed by atoms with Gasteiger partial charge in [-0.05, 0) is 44.4 Å². The van der Waals surface area contributed by atoms with Gasteiger partial charge in [-0.2, -0.15) is 0 Å². The minimum absolute atomic E-state index is 0.809. The van der Waals surface area contributed by atoms with E-state index in [4.69, 9.17) is 4.74 Å². The Morgan fingerprint density at radius 1 is 1.27 bits per heavy atom. The Hall–Kier alpha value is -1.02. The van der Waals surface area contributed by atoms with Gasteiger partial charge in [0.05, 0.1) is 0 Å². The molecule has 0 aliphatic rings. The van der Waals surface area contributed by atoms with Crippen molar-refractivity contribution in [3.63, 3.8) is 0 Å². The fraction of sp³-hybridized carbons (Fsp3) is 0.538. The van der Waals surface area contributed by atoms with Crippen LogP contribution in [0, 0.1) is 13.8 Å². The van der Waals surface area contributed by atoms with Crippen LogP contribution in [0.5, 0.6) is 0 Å². The van der Waals surface area contributed by atoms with Crippen LogP contribution in [-0.4, -0.2) is 19.8 Å². The van der Waals surface area contributed by atoms with Crippen molar-refractivity contribution in [2.75, 3.05) is 25.1 Å². The minimum Gasteiger partial charge on any atom is -0.385 e. The van der Waals surface area contributed by atoms with E-state index in [2.05, 4.69) is 37.4 Å². The van der Waals surface area contributed by atoms with Gasteiger partial charge in [-0.1, -0.05) is 12.1 Å². The number of anilines is 1. The van der Waals surface area contributed by atoms with Crippen molar-refractivity contribution in [2.24, 2.45) is 0 Å². The largest absolute Gasteiger partial charge is 0.385 e. The highest BCUT2D eigenvalue weighted by atomic mass is 16.5. The zero-order chi connectivity index (χ0) is 11.1. The number of benzene rings is 1. The molecule has 1 aromatic rings. The monoisotopic (exact) mass is 207 g/mol. The summed E-state index contributed by atoms with van der Waals surface area (Å²) in [4.78, 5) is 0. The van der Waals surface area contributed by atoms with Crippen LogP contribution in [0.3, 0.4) is 0 Å². The van der Waals surface area contributed by atoms with Crippen molar-refractivity contribution < 1.29 is 4.74 Å². The summed E-state index contributed by atoms with van der Waals surface area (Å²) in [6.45, 7) is 8.95. The number of ether oxygens (including phenoxy) is 1. The van der Waals surface area contributed by atoms with Gasteiger partial charge in [-0.3, -0.25) is 0 Å². The van der Waals surface area contributed by atoms with Crippen LogP contribution in [0.15, 0.2) is 18.2 Å². The molecule has 0 saturated heterocycles. The van der Waals surface area contributed by atoms with Gasteiger partial charge in [0.1, 0.15) is 0 Å². The number of aryl methyl sites for hydroxylation is 1. The van der Waals surface area contributed by atoms with E-state index in [1.165, 1.54) is 16.8 Å². The van der Waals surface area contributed by atoms with Crippen LogP contribution in [0.1, 0.15) is 24.5 Å². The third-order valence-corrected chi connectivity index (χ3v) is 2.59. The van der Waals surface area contributed by atoms with Crippen molar-refractivity contribution in [3.05, 3.63) is 29.3 Å². The van der Waals surface area contributed by atoms with Crippen LogP contribution in [0.2, 0.25) is 0 Å². The Morgan fingerprint density at radius 3 is 2.80 bits per heavy atom. The molecule has 0 saturated carbocycles. The van der Waals surface area contributed by atoms with E-state index >= 15 is 0 Å². The molecular formula is C13H21NO. The molecule has 0 fully saturated rings. The second kappa shape index (κ2) is 6.46. The van der Waals surface area contributed by atoms with Gasteiger partial charge in [0.15, 0.2) is 0 Å². The third kappa shape index (κ3) is 3.92. The Balaban J connectivity index is 2.34. The van der Waals surface area contributed by atoms with Gasteiger partial charge < -0.3 is 10.1 Å². The first-order valence-electron chi connectivity index (χ1n) is 5.63. The molecule has 0 radical (unpaired) electrons. The maximum atomic E-state index is 5.29. The fourth-order valence-corrected chi connectivity index (χ4v) is 1.48. The lowest BCUT2D eigenvalue weighted by Gasteiger charge is -2.11. The lowest BCUT2D eigenvalue weighted by atomic mass is 10.1. The molecule has 0 heterocycles. The van der Waals surface area contributed by atoms with E-state index in [1.807, 2.05) is 6.92 Å². The molecule has 0 aromatic heterocycles. The molecule has 0 unspecified atom stereocenters. The molecule has 2 nitrogen and oxygen atoms in total. The summed E-state index contributed by atoms with van der Waals surface area (Å²) < 4.78 is 5.29. The zero-order valence-electron chi connectivity index (χ0n) is 9.97. The lowest BCUT2D eigenvalue weighted by molar-refractivity contribution is 0.147. The summed E-state index contributed by atoms with van der Waals surface area (Å²) in [5.41, 5.74) is 3.92. The maximum absolute atomic E-state index is 5.29. The summed E-state index contributed by atoms with van der Waals surface area (Å²) >= 11 is 0. The predicted octanol–water partition coefficient (Wildman–Crippen LogP) is 3.14. The van der Waals surface area contributed by atoms with Crippen molar-refractivity contribution in [1.82, 2.24) is 0 Å². The summed E-state index contributed by atoms with van der Waals surface area (Å²) in [6.07, 6.45) is 1.06. The molecule has 0 aliphatic carbocycles. The Morgan fingerprint density at radius 2 is 2.07 bits per heavy atom.